The number of aliphatic hydroxyl groups is 1. The van der Waals surface area contributed by atoms with Crippen molar-refractivity contribution >= 4 is 17.4 Å². The van der Waals surface area contributed by atoms with E-state index in [4.69, 9.17) is 4.74 Å². The first-order valence-corrected chi connectivity index (χ1v) is 12.6. The van der Waals surface area contributed by atoms with Crippen molar-refractivity contribution in [1.82, 2.24) is 19.6 Å². The first kappa shape index (κ1) is 25.0. The van der Waals surface area contributed by atoms with Crippen LogP contribution in [0.5, 0.6) is 5.75 Å². The van der Waals surface area contributed by atoms with E-state index in [1.165, 1.54) is 6.42 Å². The number of aryl methyl sites for hydroxylation is 2. The Bertz CT molecular complexity index is 1110. The van der Waals surface area contributed by atoms with Crippen molar-refractivity contribution in [3.63, 3.8) is 0 Å². The molecule has 1 N–H and O–H groups in total. The molecule has 2 aliphatic heterocycles. The molecule has 1 aromatic heterocycles. The van der Waals surface area contributed by atoms with Crippen molar-refractivity contribution in [3.05, 3.63) is 52.4 Å². The van der Waals surface area contributed by atoms with Gasteiger partial charge in [-0.25, -0.2) is 0 Å². The molecule has 1 amide bonds. The number of ketones is 1. The summed E-state index contributed by atoms with van der Waals surface area (Å²) in [5, 5.41) is 15.8. The van der Waals surface area contributed by atoms with Crippen LogP contribution in [-0.2, 0) is 16.6 Å². The Labute approximate surface area is 207 Å². The number of hydrogen-bond donors (Lipinski definition) is 1. The van der Waals surface area contributed by atoms with Crippen LogP contribution < -0.4 is 4.74 Å². The van der Waals surface area contributed by atoms with E-state index < -0.39 is 17.7 Å². The predicted octanol–water partition coefficient (Wildman–Crippen LogP) is 3.73. The molecule has 8 heteroatoms. The highest BCUT2D eigenvalue weighted by atomic mass is 16.5. The Morgan fingerprint density at radius 3 is 2.37 bits per heavy atom. The molecule has 35 heavy (non-hydrogen) atoms. The lowest BCUT2D eigenvalue weighted by atomic mass is 9.94. The monoisotopic (exact) mass is 480 g/mol. The lowest BCUT2D eigenvalue weighted by Crippen LogP contribution is -2.39. The summed E-state index contributed by atoms with van der Waals surface area (Å²) in [7, 11) is 1.79. The van der Waals surface area contributed by atoms with Crippen LogP contribution in [0.4, 0.5) is 0 Å². The van der Waals surface area contributed by atoms with Gasteiger partial charge in [-0.1, -0.05) is 25.5 Å². The normalized spacial score (nSPS) is 20.6. The fourth-order valence-electron chi connectivity index (χ4n) is 5.11. The number of aliphatic hydroxyl groups excluding tert-OH is 1. The van der Waals surface area contributed by atoms with Gasteiger partial charge in [0.25, 0.3) is 11.7 Å². The summed E-state index contributed by atoms with van der Waals surface area (Å²) in [5.41, 5.74) is 2.75. The standard InChI is InChI=1S/C27H36N4O4/c1-5-17-35-21-11-9-20(10-12-21)24-23(25(32)22-18(2)28-29(4)19(22)3)26(33)27(34)31(24)16-15-30-13-7-6-8-14-30/h9-12,24,32H,5-8,13-17H2,1-4H3/b25-23+. The maximum Gasteiger partial charge on any atom is 0.295 e. The highest BCUT2D eigenvalue weighted by Gasteiger charge is 2.46. The van der Waals surface area contributed by atoms with Crippen LogP contribution in [0.25, 0.3) is 5.76 Å². The van der Waals surface area contributed by atoms with Crippen molar-refractivity contribution in [2.24, 2.45) is 7.05 Å². The number of amides is 1. The third kappa shape index (κ3) is 4.98. The average Bonchev–Trinajstić information content (AvgIpc) is 3.27. The molecule has 188 valence electrons. The summed E-state index contributed by atoms with van der Waals surface area (Å²) in [6.07, 6.45) is 4.45. The van der Waals surface area contributed by atoms with Gasteiger partial charge in [0.1, 0.15) is 11.5 Å². The molecule has 1 aromatic carbocycles. The molecule has 4 rings (SSSR count). The molecule has 0 spiro atoms. The molecule has 8 nitrogen and oxygen atoms in total. The Kier molecular flexibility index (Phi) is 7.60. The van der Waals surface area contributed by atoms with Gasteiger partial charge >= 0.3 is 0 Å². The molecule has 0 aliphatic carbocycles. The Hall–Kier alpha value is -3.13. The second-order valence-corrected chi connectivity index (χ2v) is 9.48. The molecule has 2 fully saturated rings. The molecule has 1 atom stereocenters. The van der Waals surface area contributed by atoms with Gasteiger partial charge in [-0.2, -0.15) is 5.10 Å². The first-order chi connectivity index (χ1) is 16.8. The van der Waals surface area contributed by atoms with E-state index in [9.17, 15) is 14.7 Å². The van der Waals surface area contributed by atoms with Crippen LogP contribution in [0, 0.1) is 13.8 Å². The lowest BCUT2D eigenvalue weighted by molar-refractivity contribution is -0.140. The Morgan fingerprint density at radius 2 is 1.77 bits per heavy atom. The SMILES string of the molecule is CCCOc1ccc(C2/C(=C(\O)c3c(C)nn(C)c3C)C(=O)C(=O)N2CCN2CCCCC2)cc1. The van der Waals surface area contributed by atoms with Crippen molar-refractivity contribution in [1.29, 1.82) is 0 Å². The van der Waals surface area contributed by atoms with Gasteiger partial charge in [-0.05, 0) is 63.9 Å². The van der Waals surface area contributed by atoms with E-state index >= 15 is 0 Å². The van der Waals surface area contributed by atoms with E-state index in [0.29, 0.717) is 31.0 Å². The molecule has 0 saturated carbocycles. The summed E-state index contributed by atoms with van der Waals surface area (Å²) in [6, 6.07) is 6.81. The van der Waals surface area contributed by atoms with Crippen LogP contribution in [0.1, 0.15) is 61.2 Å². The number of rotatable bonds is 8. The number of piperidine rings is 1. The summed E-state index contributed by atoms with van der Waals surface area (Å²) in [5.74, 6) is -0.651. The maximum absolute atomic E-state index is 13.3. The third-order valence-electron chi connectivity index (χ3n) is 7.06. The molecule has 1 unspecified atom stereocenters. The minimum Gasteiger partial charge on any atom is -0.507 e. The Morgan fingerprint density at radius 1 is 1.09 bits per heavy atom. The molecule has 0 radical (unpaired) electrons. The summed E-state index contributed by atoms with van der Waals surface area (Å²) in [4.78, 5) is 30.5. The number of hydrogen-bond acceptors (Lipinski definition) is 6. The van der Waals surface area contributed by atoms with Crippen LogP contribution >= 0.6 is 0 Å². The fraction of sp³-hybridized carbons (Fsp3) is 0.519. The second kappa shape index (κ2) is 10.6. The number of carbonyl (C=O) groups excluding carboxylic acids is 2. The van der Waals surface area contributed by atoms with Gasteiger partial charge < -0.3 is 19.6 Å². The van der Waals surface area contributed by atoms with Crippen molar-refractivity contribution in [2.75, 3.05) is 32.8 Å². The van der Waals surface area contributed by atoms with Gasteiger partial charge in [0, 0.05) is 25.8 Å². The molecular weight excluding hydrogens is 444 g/mol. The quantitative estimate of drug-likeness (QED) is 0.352. The van der Waals surface area contributed by atoms with E-state index in [0.717, 1.165) is 49.4 Å². The summed E-state index contributed by atoms with van der Waals surface area (Å²) in [6.45, 7) is 9.44. The molecular formula is C27H36N4O4. The Balaban J connectivity index is 1.74. The zero-order valence-electron chi connectivity index (χ0n) is 21.2. The second-order valence-electron chi connectivity index (χ2n) is 9.48. The van der Waals surface area contributed by atoms with Crippen LogP contribution in [0.3, 0.4) is 0 Å². The molecule has 2 aliphatic rings. The number of Topliss-reactive ketones (excluding diaryl/α,β-unsaturated/α-hetero) is 1. The van der Waals surface area contributed by atoms with Crippen LogP contribution in [-0.4, -0.2) is 69.2 Å². The maximum atomic E-state index is 13.3. The van der Waals surface area contributed by atoms with Crippen molar-refractivity contribution in [3.8, 4) is 5.75 Å². The highest BCUT2D eigenvalue weighted by molar-refractivity contribution is 6.46. The number of ether oxygens (including phenoxy) is 1. The van der Waals surface area contributed by atoms with Crippen LogP contribution in [0.2, 0.25) is 0 Å². The van der Waals surface area contributed by atoms with Gasteiger partial charge in [-0.3, -0.25) is 14.3 Å². The zero-order valence-corrected chi connectivity index (χ0v) is 21.2. The summed E-state index contributed by atoms with van der Waals surface area (Å²) < 4.78 is 7.39. The minimum absolute atomic E-state index is 0.120. The van der Waals surface area contributed by atoms with E-state index in [1.54, 1.807) is 23.6 Å². The minimum atomic E-state index is -0.668. The molecule has 0 bridgehead atoms. The van der Waals surface area contributed by atoms with Gasteiger partial charge in [0.2, 0.25) is 0 Å². The largest absolute Gasteiger partial charge is 0.507 e. The number of benzene rings is 1. The van der Waals surface area contributed by atoms with Crippen molar-refractivity contribution < 1.29 is 19.4 Å². The fourth-order valence-corrected chi connectivity index (χ4v) is 5.11. The smallest absolute Gasteiger partial charge is 0.295 e. The van der Waals surface area contributed by atoms with E-state index in [-0.39, 0.29) is 11.3 Å². The number of likely N-dealkylation sites (tertiary alicyclic amines) is 2. The zero-order chi connectivity index (χ0) is 25.1. The van der Waals surface area contributed by atoms with Crippen molar-refractivity contribution in [2.45, 2.75) is 52.5 Å². The number of carbonyl (C=O) groups is 2. The average molecular weight is 481 g/mol. The van der Waals surface area contributed by atoms with E-state index in [2.05, 4.69) is 10.00 Å². The third-order valence-corrected chi connectivity index (χ3v) is 7.06. The number of nitrogens with zero attached hydrogens (tertiary/aromatic N) is 4. The van der Waals surface area contributed by atoms with Gasteiger partial charge in [-0.15, -0.1) is 0 Å². The molecule has 2 saturated heterocycles. The number of aromatic nitrogens is 2. The molecule has 3 heterocycles. The molecule has 2 aromatic rings. The topological polar surface area (TPSA) is 87.9 Å². The first-order valence-electron chi connectivity index (χ1n) is 12.6. The van der Waals surface area contributed by atoms with E-state index in [1.807, 2.05) is 38.1 Å². The predicted molar refractivity (Wildman–Crippen MR) is 134 cm³/mol. The summed E-state index contributed by atoms with van der Waals surface area (Å²) >= 11 is 0. The highest BCUT2D eigenvalue weighted by Crippen LogP contribution is 2.40. The van der Waals surface area contributed by atoms with Gasteiger partial charge in [0.05, 0.1) is 29.5 Å². The van der Waals surface area contributed by atoms with Crippen LogP contribution in [0.15, 0.2) is 29.8 Å². The van der Waals surface area contributed by atoms with Gasteiger partial charge in [0.15, 0.2) is 0 Å². The lowest BCUT2D eigenvalue weighted by Gasteiger charge is -2.31.